The van der Waals surface area contributed by atoms with E-state index < -0.39 is 0 Å². The molecule has 0 saturated carbocycles. The lowest BCUT2D eigenvalue weighted by Gasteiger charge is -2.03. The van der Waals surface area contributed by atoms with Crippen LogP contribution in [0.5, 0.6) is 0 Å². The Morgan fingerprint density at radius 2 is 1.38 bits per heavy atom. The average Bonchev–Trinajstić information content (AvgIpc) is 2.16. The van der Waals surface area contributed by atoms with Crippen molar-refractivity contribution in [3.8, 4) is 0 Å². The zero-order chi connectivity index (χ0) is 9.78. The van der Waals surface area contributed by atoms with Gasteiger partial charge >= 0.3 is 0 Å². The number of unbranched alkanes of at least 4 members (excludes halogenated alkanes) is 1. The summed E-state index contributed by atoms with van der Waals surface area (Å²) in [6.07, 6.45) is 3.95. The van der Waals surface area contributed by atoms with Crippen molar-refractivity contribution in [2.45, 2.75) is 32.6 Å². The largest absolute Gasteiger partial charge is 0.396 e. The van der Waals surface area contributed by atoms with Crippen LogP contribution in [-0.2, 0) is 9.47 Å². The second kappa shape index (κ2) is 11.9. The van der Waals surface area contributed by atoms with Gasteiger partial charge in [0.2, 0.25) is 0 Å². The molecule has 0 unspecified atom stereocenters. The van der Waals surface area contributed by atoms with Crippen molar-refractivity contribution in [1.29, 1.82) is 0 Å². The standard InChI is InChI=1S/C10H22O3/c1-2-7-12-8-3-4-9-13-10-5-6-11/h11H,2-10H2,1H3. The summed E-state index contributed by atoms with van der Waals surface area (Å²) in [6, 6.07) is 0. The van der Waals surface area contributed by atoms with Gasteiger partial charge in [0.15, 0.2) is 0 Å². The monoisotopic (exact) mass is 190 g/mol. The van der Waals surface area contributed by atoms with Crippen LogP contribution in [0.2, 0.25) is 0 Å². The molecule has 80 valence electrons. The minimum Gasteiger partial charge on any atom is -0.396 e. The van der Waals surface area contributed by atoms with E-state index in [0.29, 0.717) is 6.61 Å². The molecule has 0 saturated heterocycles. The molecule has 0 atom stereocenters. The van der Waals surface area contributed by atoms with Gasteiger partial charge in [-0.05, 0) is 25.7 Å². The van der Waals surface area contributed by atoms with E-state index in [2.05, 4.69) is 6.92 Å². The van der Waals surface area contributed by atoms with Crippen LogP contribution in [0.25, 0.3) is 0 Å². The number of hydrogen-bond acceptors (Lipinski definition) is 3. The lowest BCUT2D eigenvalue weighted by molar-refractivity contribution is 0.0948. The van der Waals surface area contributed by atoms with Crippen molar-refractivity contribution in [3.05, 3.63) is 0 Å². The molecular formula is C10H22O3. The summed E-state index contributed by atoms with van der Waals surface area (Å²) in [6.45, 7) is 5.50. The number of rotatable bonds is 10. The van der Waals surface area contributed by atoms with E-state index in [1.165, 1.54) is 0 Å². The molecule has 1 N–H and O–H groups in total. The van der Waals surface area contributed by atoms with Gasteiger partial charge in [0, 0.05) is 33.0 Å². The third-order valence-corrected chi connectivity index (χ3v) is 1.62. The summed E-state index contributed by atoms with van der Waals surface area (Å²) >= 11 is 0. The molecule has 0 spiro atoms. The van der Waals surface area contributed by atoms with Gasteiger partial charge in [-0.15, -0.1) is 0 Å². The zero-order valence-electron chi connectivity index (χ0n) is 8.63. The van der Waals surface area contributed by atoms with Crippen molar-refractivity contribution in [1.82, 2.24) is 0 Å². The molecule has 0 fully saturated rings. The van der Waals surface area contributed by atoms with Gasteiger partial charge in [-0.25, -0.2) is 0 Å². The van der Waals surface area contributed by atoms with Crippen molar-refractivity contribution < 1.29 is 14.6 Å². The Labute approximate surface area is 81.0 Å². The molecule has 0 aliphatic rings. The van der Waals surface area contributed by atoms with Gasteiger partial charge in [0.05, 0.1) is 0 Å². The molecule has 0 aromatic heterocycles. The maximum absolute atomic E-state index is 8.47. The topological polar surface area (TPSA) is 38.7 Å². The van der Waals surface area contributed by atoms with Gasteiger partial charge in [-0.3, -0.25) is 0 Å². The highest BCUT2D eigenvalue weighted by atomic mass is 16.5. The zero-order valence-corrected chi connectivity index (χ0v) is 8.63. The summed E-state index contributed by atoms with van der Waals surface area (Å²) in [7, 11) is 0. The maximum atomic E-state index is 8.47. The van der Waals surface area contributed by atoms with Crippen LogP contribution in [0.4, 0.5) is 0 Å². The fourth-order valence-corrected chi connectivity index (χ4v) is 0.923. The number of aliphatic hydroxyl groups is 1. The normalized spacial score (nSPS) is 10.6. The van der Waals surface area contributed by atoms with Crippen molar-refractivity contribution >= 4 is 0 Å². The van der Waals surface area contributed by atoms with Crippen LogP contribution < -0.4 is 0 Å². The molecule has 0 aromatic carbocycles. The smallest absolute Gasteiger partial charge is 0.0487 e. The van der Waals surface area contributed by atoms with Gasteiger partial charge in [-0.2, -0.15) is 0 Å². The second-order valence-corrected chi connectivity index (χ2v) is 3.01. The molecule has 13 heavy (non-hydrogen) atoms. The molecule has 0 bridgehead atoms. The highest BCUT2D eigenvalue weighted by Gasteiger charge is 1.90. The molecule has 0 aliphatic carbocycles. The van der Waals surface area contributed by atoms with Crippen LogP contribution >= 0.6 is 0 Å². The fourth-order valence-electron chi connectivity index (χ4n) is 0.923. The van der Waals surface area contributed by atoms with Gasteiger partial charge < -0.3 is 14.6 Å². The van der Waals surface area contributed by atoms with Crippen molar-refractivity contribution in [3.63, 3.8) is 0 Å². The maximum Gasteiger partial charge on any atom is 0.0487 e. The molecule has 0 heterocycles. The molecule has 3 heteroatoms. The SMILES string of the molecule is CCCOCCCCOCCCO. The van der Waals surface area contributed by atoms with Crippen molar-refractivity contribution in [2.24, 2.45) is 0 Å². The predicted molar refractivity (Wildman–Crippen MR) is 52.9 cm³/mol. The number of hydrogen-bond donors (Lipinski definition) is 1. The average molecular weight is 190 g/mol. The Balaban J connectivity index is 2.76. The lowest BCUT2D eigenvalue weighted by atomic mass is 10.3. The van der Waals surface area contributed by atoms with Crippen molar-refractivity contribution in [2.75, 3.05) is 33.0 Å². The highest BCUT2D eigenvalue weighted by Crippen LogP contribution is 1.93. The first-order chi connectivity index (χ1) is 6.41. The highest BCUT2D eigenvalue weighted by molar-refractivity contribution is 4.39. The van der Waals surface area contributed by atoms with E-state index in [1.807, 2.05) is 0 Å². The minimum absolute atomic E-state index is 0.222. The fraction of sp³-hybridized carbons (Fsp3) is 1.00. The predicted octanol–water partition coefficient (Wildman–Crippen LogP) is 1.59. The van der Waals surface area contributed by atoms with E-state index in [1.54, 1.807) is 0 Å². The molecule has 0 rings (SSSR count). The molecule has 3 nitrogen and oxygen atoms in total. The summed E-state index contributed by atoms with van der Waals surface area (Å²) in [5, 5.41) is 8.47. The summed E-state index contributed by atoms with van der Waals surface area (Å²) in [4.78, 5) is 0. The molecule has 0 aromatic rings. The van der Waals surface area contributed by atoms with Crippen LogP contribution in [-0.4, -0.2) is 38.1 Å². The Morgan fingerprint density at radius 3 is 1.92 bits per heavy atom. The van der Waals surface area contributed by atoms with Gasteiger partial charge in [0.25, 0.3) is 0 Å². The van der Waals surface area contributed by atoms with E-state index in [9.17, 15) is 0 Å². The van der Waals surface area contributed by atoms with Gasteiger partial charge in [-0.1, -0.05) is 6.92 Å². The minimum atomic E-state index is 0.222. The van der Waals surface area contributed by atoms with E-state index in [0.717, 1.165) is 45.5 Å². The van der Waals surface area contributed by atoms with E-state index in [-0.39, 0.29) is 6.61 Å². The first-order valence-electron chi connectivity index (χ1n) is 5.18. The Bertz CT molecular complexity index is 76.2. The Morgan fingerprint density at radius 1 is 0.846 bits per heavy atom. The molecule has 0 aliphatic heterocycles. The van der Waals surface area contributed by atoms with Crippen LogP contribution in [0.1, 0.15) is 32.6 Å². The van der Waals surface area contributed by atoms with E-state index in [4.69, 9.17) is 14.6 Å². The number of ether oxygens (including phenoxy) is 2. The first-order valence-corrected chi connectivity index (χ1v) is 5.18. The first kappa shape index (κ1) is 12.9. The summed E-state index contributed by atoms with van der Waals surface area (Å²) in [5.74, 6) is 0. The third kappa shape index (κ3) is 11.9. The summed E-state index contributed by atoms with van der Waals surface area (Å²) < 4.78 is 10.6. The quantitative estimate of drug-likeness (QED) is 0.532. The van der Waals surface area contributed by atoms with Crippen LogP contribution in [0.3, 0.4) is 0 Å². The van der Waals surface area contributed by atoms with Crippen LogP contribution in [0.15, 0.2) is 0 Å². The van der Waals surface area contributed by atoms with E-state index >= 15 is 0 Å². The molecule has 0 radical (unpaired) electrons. The Kier molecular flexibility index (Phi) is 11.8. The Hall–Kier alpha value is -0.120. The lowest BCUT2D eigenvalue weighted by Crippen LogP contribution is -2.01. The second-order valence-electron chi connectivity index (χ2n) is 3.01. The summed E-state index contributed by atoms with van der Waals surface area (Å²) in [5.41, 5.74) is 0. The third-order valence-electron chi connectivity index (χ3n) is 1.62. The molecule has 0 amide bonds. The van der Waals surface area contributed by atoms with Crippen LogP contribution in [0, 0.1) is 0 Å². The molecular weight excluding hydrogens is 168 g/mol. The number of aliphatic hydroxyl groups excluding tert-OH is 1. The van der Waals surface area contributed by atoms with Gasteiger partial charge in [0.1, 0.15) is 0 Å².